The van der Waals surface area contributed by atoms with Crippen molar-refractivity contribution in [1.29, 1.82) is 0 Å². The van der Waals surface area contributed by atoms with Crippen LogP contribution in [-0.4, -0.2) is 29.5 Å². The van der Waals surface area contributed by atoms with E-state index in [1.165, 1.54) is 0 Å². The summed E-state index contributed by atoms with van der Waals surface area (Å²) in [7, 11) is 0. The maximum Gasteiger partial charge on any atom is 0.338 e. The zero-order chi connectivity index (χ0) is 10.0. The summed E-state index contributed by atoms with van der Waals surface area (Å²) >= 11 is 0. The molecule has 0 bridgehead atoms. The molecule has 1 fully saturated rings. The maximum atomic E-state index is 13.1. The Morgan fingerprint density at radius 2 is 1.92 bits per heavy atom. The highest BCUT2D eigenvalue weighted by molar-refractivity contribution is 5.72. The first-order chi connectivity index (χ1) is 6.00. The van der Waals surface area contributed by atoms with Crippen molar-refractivity contribution in [2.45, 2.75) is 45.1 Å². The molecule has 0 aliphatic carbocycles. The van der Waals surface area contributed by atoms with E-state index in [1.807, 2.05) is 13.8 Å². The zero-order valence-corrected chi connectivity index (χ0v) is 7.87. The van der Waals surface area contributed by atoms with Crippen LogP contribution in [0.1, 0.15) is 26.7 Å². The molecule has 0 saturated carbocycles. The second-order valence-corrected chi connectivity index (χ2v) is 3.73. The van der Waals surface area contributed by atoms with Gasteiger partial charge in [0, 0.05) is 5.92 Å². The first kappa shape index (κ1) is 10.4. The van der Waals surface area contributed by atoms with E-state index in [-0.39, 0.29) is 12.2 Å². The van der Waals surface area contributed by atoms with Gasteiger partial charge in [0.2, 0.25) is 0 Å². The molecule has 0 aromatic rings. The van der Waals surface area contributed by atoms with Gasteiger partial charge in [-0.2, -0.15) is 0 Å². The zero-order valence-electron chi connectivity index (χ0n) is 7.87. The van der Waals surface area contributed by atoms with Crippen LogP contribution in [-0.2, 0) is 9.53 Å². The molecule has 0 aromatic carbocycles. The Labute approximate surface area is 76.9 Å². The van der Waals surface area contributed by atoms with Crippen LogP contribution < -0.4 is 0 Å². The SMILES string of the molecule is CC1CC(C(F)C(=O)O)CC(C)O1. The van der Waals surface area contributed by atoms with Crippen LogP contribution in [0.15, 0.2) is 0 Å². The Balaban J connectivity index is 2.54. The molecule has 0 radical (unpaired) electrons. The minimum absolute atomic E-state index is 0.0358. The highest BCUT2D eigenvalue weighted by Gasteiger charge is 2.34. The molecule has 1 aliphatic rings. The van der Waals surface area contributed by atoms with Crippen molar-refractivity contribution >= 4 is 5.97 Å². The molecule has 1 heterocycles. The van der Waals surface area contributed by atoms with Crippen LogP contribution in [0.5, 0.6) is 0 Å². The summed E-state index contributed by atoms with van der Waals surface area (Å²) in [5.41, 5.74) is 0. The number of carbonyl (C=O) groups is 1. The predicted octanol–water partition coefficient (Wildman–Crippen LogP) is 1.61. The molecular weight excluding hydrogens is 175 g/mol. The summed E-state index contributed by atoms with van der Waals surface area (Å²) in [6, 6.07) is 0. The van der Waals surface area contributed by atoms with E-state index in [4.69, 9.17) is 9.84 Å². The van der Waals surface area contributed by atoms with Crippen LogP contribution in [0, 0.1) is 5.92 Å². The van der Waals surface area contributed by atoms with Gasteiger partial charge < -0.3 is 9.84 Å². The number of rotatable bonds is 2. The van der Waals surface area contributed by atoms with Gasteiger partial charge in [-0.1, -0.05) is 0 Å². The molecule has 3 nitrogen and oxygen atoms in total. The summed E-state index contributed by atoms with van der Waals surface area (Å²) in [6.45, 7) is 3.69. The lowest BCUT2D eigenvalue weighted by Gasteiger charge is -2.32. The quantitative estimate of drug-likeness (QED) is 0.719. The second-order valence-electron chi connectivity index (χ2n) is 3.73. The molecule has 0 spiro atoms. The van der Waals surface area contributed by atoms with Crippen molar-refractivity contribution in [2.75, 3.05) is 0 Å². The van der Waals surface area contributed by atoms with Gasteiger partial charge in [-0.3, -0.25) is 0 Å². The highest BCUT2D eigenvalue weighted by Crippen LogP contribution is 2.28. The molecule has 4 heteroatoms. The molecular formula is C9H15FO3. The van der Waals surface area contributed by atoms with Crippen LogP contribution in [0.3, 0.4) is 0 Å². The number of hydrogen-bond acceptors (Lipinski definition) is 2. The van der Waals surface area contributed by atoms with E-state index in [0.717, 1.165) is 0 Å². The van der Waals surface area contributed by atoms with E-state index in [2.05, 4.69) is 0 Å². The lowest BCUT2D eigenvalue weighted by Crippen LogP contribution is -2.36. The Morgan fingerprint density at radius 3 is 2.31 bits per heavy atom. The molecule has 3 unspecified atom stereocenters. The van der Waals surface area contributed by atoms with E-state index in [1.54, 1.807) is 0 Å². The van der Waals surface area contributed by atoms with Gasteiger partial charge in [-0.05, 0) is 26.7 Å². The predicted molar refractivity (Wildman–Crippen MR) is 45.3 cm³/mol. The molecule has 1 aliphatic heterocycles. The van der Waals surface area contributed by atoms with Crippen molar-refractivity contribution in [3.8, 4) is 0 Å². The molecule has 0 amide bonds. The van der Waals surface area contributed by atoms with E-state index < -0.39 is 18.1 Å². The van der Waals surface area contributed by atoms with Crippen LogP contribution in [0.25, 0.3) is 0 Å². The van der Waals surface area contributed by atoms with E-state index in [0.29, 0.717) is 12.8 Å². The van der Waals surface area contributed by atoms with Gasteiger partial charge in [-0.25, -0.2) is 9.18 Å². The number of ether oxygens (including phenoxy) is 1. The molecule has 1 N–H and O–H groups in total. The topological polar surface area (TPSA) is 46.5 Å². The number of halogens is 1. The lowest BCUT2D eigenvalue weighted by molar-refractivity contribution is -0.148. The third-order valence-corrected chi connectivity index (χ3v) is 2.38. The number of aliphatic carboxylic acids is 1. The minimum atomic E-state index is -1.74. The van der Waals surface area contributed by atoms with Gasteiger partial charge >= 0.3 is 5.97 Å². The number of alkyl halides is 1. The third-order valence-electron chi connectivity index (χ3n) is 2.38. The van der Waals surface area contributed by atoms with E-state index >= 15 is 0 Å². The monoisotopic (exact) mass is 190 g/mol. The van der Waals surface area contributed by atoms with Crippen LogP contribution in [0.4, 0.5) is 4.39 Å². The smallest absolute Gasteiger partial charge is 0.338 e. The first-order valence-electron chi connectivity index (χ1n) is 4.53. The Hall–Kier alpha value is -0.640. The summed E-state index contributed by atoms with van der Waals surface area (Å²) < 4.78 is 18.5. The van der Waals surface area contributed by atoms with Crippen molar-refractivity contribution in [1.82, 2.24) is 0 Å². The molecule has 0 aromatic heterocycles. The van der Waals surface area contributed by atoms with Crippen molar-refractivity contribution < 1.29 is 19.0 Å². The third kappa shape index (κ3) is 2.66. The lowest BCUT2D eigenvalue weighted by atomic mass is 9.89. The molecule has 3 atom stereocenters. The molecule has 1 rings (SSSR count). The van der Waals surface area contributed by atoms with Gasteiger partial charge in [0.25, 0.3) is 0 Å². The van der Waals surface area contributed by atoms with Gasteiger partial charge in [0.05, 0.1) is 12.2 Å². The Kier molecular flexibility index (Phi) is 3.25. The number of carboxylic acid groups (broad SMARTS) is 1. The molecule has 1 saturated heterocycles. The largest absolute Gasteiger partial charge is 0.479 e. The number of hydrogen-bond donors (Lipinski definition) is 1. The highest BCUT2D eigenvalue weighted by atomic mass is 19.1. The van der Waals surface area contributed by atoms with E-state index in [9.17, 15) is 9.18 Å². The summed E-state index contributed by atoms with van der Waals surface area (Å²) in [5, 5.41) is 8.49. The maximum absolute atomic E-state index is 13.1. The fourth-order valence-corrected chi connectivity index (χ4v) is 1.90. The Bertz CT molecular complexity index is 185. The van der Waals surface area contributed by atoms with Gasteiger partial charge in [0.1, 0.15) is 0 Å². The summed E-state index contributed by atoms with van der Waals surface area (Å²) in [6.07, 6.45) is -0.818. The van der Waals surface area contributed by atoms with Crippen molar-refractivity contribution in [2.24, 2.45) is 5.92 Å². The average molecular weight is 190 g/mol. The Morgan fingerprint density at radius 1 is 1.46 bits per heavy atom. The molecule has 76 valence electrons. The fraction of sp³-hybridized carbons (Fsp3) is 0.889. The normalized spacial score (nSPS) is 37.0. The minimum Gasteiger partial charge on any atom is -0.479 e. The van der Waals surface area contributed by atoms with Crippen LogP contribution in [0.2, 0.25) is 0 Å². The van der Waals surface area contributed by atoms with Crippen molar-refractivity contribution in [3.63, 3.8) is 0 Å². The van der Waals surface area contributed by atoms with Gasteiger partial charge in [0.15, 0.2) is 6.17 Å². The number of carboxylic acids is 1. The summed E-state index contributed by atoms with van der Waals surface area (Å²) in [5.74, 6) is -1.75. The average Bonchev–Trinajstić information content (AvgIpc) is 2.01. The van der Waals surface area contributed by atoms with Crippen molar-refractivity contribution in [3.05, 3.63) is 0 Å². The standard InChI is InChI=1S/C9H15FO3/c1-5-3-7(4-6(2)13-5)8(10)9(11)12/h5-8H,3-4H2,1-2H3,(H,11,12). The fourth-order valence-electron chi connectivity index (χ4n) is 1.90. The second kappa shape index (κ2) is 4.05. The first-order valence-corrected chi connectivity index (χ1v) is 4.53. The molecule has 13 heavy (non-hydrogen) atoms. The van der Waals surface area contributed by atoms with Crippen LogP contribution >= 0.6 is 0 Å². The summed E-state index contributed by atoms with van der Waals surface area (Å²) in [4.78, 5) is 10.4. The van der Waals surface area contributed by atoms with Gasteiger partial charge in [-0.15, -0.1) is 0 Å².